The van der Waals surface area contributed by atoms with Crippen LogP contribution in [0, 0.1) is 0 Å². The average molecular weight is 771 g/mol. The normalized spacial score (nSPS) is 14.8. The smallest absolute Gasteiger partial charge is 0.131 e. The van der Waals surface area contributed by atoms with Gasteiger partial charge in [-0.15, -0.1) is 0 Å². The van der Waals surface area contributed by atoms with Crippen LogP contribution in [0.1, 0.15) is 52.8 Å². The summed E-state index contributed by atoms with van der Waals surface area (Å²) in [6.45, 7) is 22.2. The van der Waals surface area contributed by atoms with Crippen molar-refractivity contribution in [2.45, 2.75) is 25.7 Å². The predicted octanol–water partition coefficient (Wildman–Crippen LogP) is 16.1. The van der Waals surface area contributed by atoms with Gasteiger partial charge in [0.15, 0.2) is 0 Å². The first-order chi connectivity index (χ1) is 29.3. The van der Waals surface area contributed by atoms with Crippen LogP contribution in [0.5, 0.6) is 5.75 Å². The van der Waals surface area contributed by atoms with E-state index in [1.54, 1.807) is 0 Å². The van der Waals surface area contributed by atoms with Crippen LogP contribution in [0.3, 0.4) is 0 Å². The topological polar surface area (TPSA) is 9.23 Å². The molecule has 1 aliphatic carbocycles. The van der Waals surface area contributed by atoms with E-state index in [0.717, 1.165) is 62.1 Å². The van der Waals surface area contributed by atoms with Gasteiger partial charge in [-0.3, -0.25) is 0 Å². The van der Waals surface area contributed by atoms with Crippen LogP contribution in [0.2, 0.25) is 0 Å². The monoisotopic (exact) mass is 770 g/mol. The Morgan fingerprint density at radius 3 is 1.92 bits per heavy atom. The number of rotatable bonds is 7. The lowest BCUT2D eigenvalue weighted by atomic mass is 9.81. The van der Waals surface area contributed by atoms with Gasteiger partial charge in [-0.1, -0.05) is 174 Å². The van der Waals surface area contributed by atoms with Gasteiger partial charge >= 0.3 is 0 Å². The van der Waals surface area contributed by atoms with Crippen molar-refractivity contribution >= 4 is 56.6 Å². The van der Waals surface area contributed by atoms with E-state index >= 15 is 0 Å². The van der Waals surface area contributed by atoms with Crippen LogP contribution >= 0.6 is 0 Å². The van der Waals surface area contributed by atoms with E-state index < -0.39 is 0 Å². The van der Waals surface area contributed by atoms with Gasteiger partial charge in [0, 0.05) is 10.8 Å². The van der Waals surface area contributed by atoms with E-state index in [1.165, 1.54) is 65.9 Å². The van der Waals surface area contributed by atoms with Crippen LogP contribution in [0.4, 0.5) is 0 Å². The van der Waals surface area contributed by atoms with Gasteiger partial charge in [-0.05, 0) is 153 Å². The molecule has 60 heavy (non-hydrogen) atoms. The van der Waals surface area contributed by atoms with E-state index in [4.69, 9.17) is 4.74 Å². The Morgan fingerprint density at radius 1 is 0.500 bits per heavy atom. The molecular weight excluding hydrogens is 725 g/mol. The quantitative estimate of drug-likeness (QED) is 0.157. The Labute approximate surface area is 353 Å². The minimum atomic E-state index is -0.118. The van der Waals surface area contributed by atoms with Gasteiger partial charge in [0.2, 0.25) is 0 Å². The zero-order valence-electron chi connectivity index (χ0n) is 34.3. The summed E-state index contributed by atoms with van der Waals surface area (Å²) in [6.07, 6.45) is 17.1. The molecule has 1 heterocycles. The fourth-order valence-corrected chi connectivity index (χ4v) is 9.93. The summed E-state index contributed by atoms with van der Waals surface area (Å²) in [5, 5.41) is 7.10. The maximum Gasteiger partial charge on any atom is 0.131 e. The first kappa shape index (κ1) is 37.1. The van der Waals surface area contributed by atoms with E-state index in [1.807, 2.05) is 24.3 Å². The van der Waals surface area contributed by atoms with Crippen LogP contribution in [-0.4, -0.2) is 6.61 Å². The Bertz CT molecular complexity index is 3220. The van der Waals surface area contributed by atoms with E-state index in [2.05, 4.69) is 186 Å². The molecule has 0 aromatic heterocycles. The molecule has 0 bridgehead atoms. The van der Waals surface area contributed by atoms with Gasteiger partial charge in [0.25, 0.3) is 0 Å². The minimum Gasteiger partial charge on any atom is -0.489 e. The molecule has 0 N–H and O–H groups in total. The van der Waals surface area contributed by atoms with E-state index in [-0.39, 0.29) is 5.41 Å². The molecule has 1 heteroatoms. The Balaban J connectivity index is 1.08. The Kier molecular flexibility index (Phi) is 8.99. The first-order valence-electron chi connectivity index (χ1n) is 20.8. The third-order valence-corrected chi connectivity index (χ3v) is 12.9. The third-order valence-electron chi connectivity index (χ3n) is 12.9. The van der Waals surface area contributed by atoms with Crippen LogP contribution < -0.4 is 4.74 Å². The predicted molar refractivity (Wildman–Crippen MR) is 261 cm³/mol. The number of hydrogen-bond donors (Lipinski definition) is 0. The molecule has 0 fully saturated rings. The SMILES string of the molecule is C=Cc1cccc(-c2c(C=C)c(C=C)c(-c3ccc4cc(-c5ccc6c(c5)-c5cc7c8c(ccc7cc5C6(C)C)C/C=C\C=C/CO8)ccc4c3)c3ccccc23)c1C=C. The third kappa shape index (κ3) is 5.76. The second kappa shape index (κ2) is 14.6. The van der Waals surface area contributed by atoms with Crippen molar-refractivity contribution in [3.63, 3.8) is 0 Å². The van der Waals surface area contributed by atoms with Crippen molar-refractivity contribution < 1.29 is 4.74 Å². The summed E-state index contributed by atoms with van der Waals surface area (Å²) in [6, 6.07) is 45.0. The zero-order chi connectivity index (χ0) is 41.1. The number of allylic oxidation sites excluding steroid dienone is 3. The zero-order valence-corrected chi connectivity index (χ0v) is 34.3. The lowest BCUT2D eigenvalue weighted by Crippen LogP contribution is -2.14. The summed E-state index contributed by atoms with van der Waals surface area (Å²) in [7, 11) is 0. The van der Waals surface area contributed by atoms with Gasteiger partial charge in [-0.2, -0.15) is 0 Å². The molecule has 0 atom stereocenters. The summed E-state index contributed by atoms with van der Waals surface area (Å²) < 4.78 is 6.44. The molecule has 0 radical (unpaired) electrons. The highest BCUT2D eigenvalue weighted by Gasteiger charge is 2.36. The van der Waals surface area contributed by atoms with Crippen molar-refractivity contribution in [2.24, 2.45) is 0 Å². The number of hydrogen-bond acceptors (Lipinski definition) is 1. The lowest BCUT2D eigenvalue weighted by molar-refractivity contribution is 0.364. The fraction of sp³-hybridized carbons (Fsp3) is 0.0847. The Hall–Kier alpha value is -7.22. The van der Waals surface area contributed by atoms with Crippen molar-refractivity contribution in [1.82, 2.24) is 0 Å². The average Bonchev–Trinajstić information content (AvgIpc) is 3.58. The summed E-state index contributed by atoms with van der Waals surface area (Å²) >= 11 is 0. The number of benzene rings is 8. The largest absolute Gasteiger partial charge is 0.489 e. The van der Waals surface area contributed by atoms with Crippen LogP contribution in [0.25, 0.3) is 101 Å². The molecule has 288 valence electrons. The van der Waals surface area contributed by atoms with Gasteiger partial charge in [0.05, 0.1) is 0 Å². The number of ether oxygens (including phenoxy) is 1. The molecule has 8 aromatic carbocycles. The summed E-state index contributed by atoms with van der Waals surface area (Å²) in [5.74, 6) is 0.993. The van der Waals surface area contributed by atoms with Crippen molar-refractivity contribution in [1.29, 1.82) is 0 Å². The molecule has 10 rings (SSSR count). The molecular formula is C59H46O. The molecule has 8 aromatic rings. The fourth-order valence-electron chi connectivity index (χ4n) is 9.93. The molecule has 2 aliphatic rings. The highest BCUT2D eigenvalue weighted by atomic mass is 16.5. The molecule has 0 saturated heterocycles. The van der Waals surface area contributed by atoms with E-state index in [0.29, 0.717) is 6.61 Å². The highest BCUT2D eigenvalue weighted by molar-refractivity contribution is 6.13. The molecule has 1 nitrogen and oxygen atoms in total. The number of fused-ring (bicyclic) bond motifs is 8. The second-order valence-electron chi connectivity index (χ2n) is 16.5. The molecule has 0 spiro atoms. The van der Waals surface area contributed by atoms with Crippen molar-refractivity contribution in [2.75, 3.05) is 6.61 Å². The van der Waals surface area contributed by atoms with Crippen LogP contribution in [0.15, 0.2) is 172 Å². The second-order valence-corrected chi connectivity index (χ2v) is 16.5. The molecule has 0 saturated carbocycles. The van der Waals surface area contributed by atoms with Crippen molar-refractivity contribution in [3.8, 4) is 50.3 Å². The van der Waals surface area contributed by atoms with Crippen molar-refractivity contribution in [3.05, 3.63) is 211 Å². The minimum absolute atomic E-state index is 0.118. The van der Waals surface area contributed by atoms with Gasteiger partial charge < -0.3 is 4.74 Å². The lowest BCUT2D eigenvalue weighted by Gasteiger charge is -2.22. The van der Waals surface area contributed by atoms with Crippen LogP contribution in [-0.2, 0) is 11.8 Å². The molecule has 0 amide bonds. The first-order valence-corrected chi connectivity index (χ1v) is 20.8. The summed E-state index contributed by atoms with van der Waals surface area (Å²) in [4.78, 5) is 0. The van der Waals surface area contributed by atoms with E-state index in [9.17, 15) is 0 Å². The summed E-state index contributed by atoms with van der Waals surface area (Å²) in [5.41, 5.74) is 17.6. The Morgan fingerprint density at radius 2 is 1.15 bits per heavy atom. The maximum atomic E-state index is 6.44. The van der Waals surface area contributed by atoms with Gasteiger partial charge in [0.1, 0.15) is 12.4 Å². The van der Waals surface area contributed by atoms with Gasteiger partial charge in [-0.25, -0.2) is 0 Å². The molecule has 0 unspecified atom stereocenters. The highest BCUT2D eigenvalue weighted by Crippen LogP contribution is 2.52. The maximum absolute atomic E-state index is 6.44. The standard InChI is InChI=1S/C59H46O/c1-7-37-19-17-22-48(45(37)8-2)57-47(10-4)46(9-3)56(49-20-14-15-21-50(49)57)44-28-26-39-32-40(24-25-41(39)33-44)42-29-30-54-52(34-42)53-36-51-43(35-55(53)59(54,5)6)27-23-38-18-13-11-12-16-31-60-58(38)51/h7-17,19-30,32-36H,1-4,18,31H2,5-6H3/b13-11-,16-12-. The molecule has 1 aliphatic heterocycles.